The number of carbonyl (C=O) groups is 3. The van der Waals surface area contributed by atoms with Crippen LogP contribution < -0.4 is 10.6 Å². The number of fused-ring (bicyclic) bond motifs is 3. The molecule has 0 spiro atoms. The summed E-state index contributed by atoms with van der Waals surface area (Å²) in [6.45, 7) is 4.12. The molecule has 2 amide bonds. The highest BCUT2D eigenvalue weighted by molar-refractivity contribution is 5.80. The first-order valence-electron chi connectivity index (χ1n) is 11.0. The molecule has 2 unspecified atom stereocenters. The molecule has 1 aliphatic carbocycles. The third-order valence-corrected chi connectivity index (χ3v) is 5.74. The summed E-state index contributed by atoms with van der Waals surface area (Å²) in [7, 11) is 0. The molecular weight excluding hydrogens is 408 g/mol. The van der Waals surface area contributed by atoms with Crippen molar-refractivity contribution in [2.75, 3.05) is 13.2 Å². The maximum atomic E-state index is 12.2. The van der Waals surface area contributed by atoms with Crippen molar-refractivity contribution in [2.24, 2.45) is 5.92 Å². The number of aliphatic carboxylic acids is 1. The Labute approximate surface area is 188 Å². The molecule has 2 aromatic carbocycles. The molecule has 170 valence electrons. The van der Waals surface area contributed by atoms with Gasteiger partial charge in [0.25, 0.3) is 0 Å². The molecule has 0 saturated carbocycles. The molecular formula is C25H30N2O5. The molecule has 3 N–H and O–H groups in total. The van der Waals surface area contributed by atoms with Crippen LogP contribution in [0.4, 0.5) is 4.79 Å². The van der Waals surface area contributed by atoms with Gasteiger partial charge in [-0.15, -0.1) is 0 Å². The van der Waals surface area contributed by atoms with Crippen molar-refractivity contribution in [2.45, 2.75) is 45.1 Å². The number of carbonyl (C=O) groups excluding carboxylic acids is 2. The molecule has 0 bridgehead atoms. The van der Waals surface area contributed by atoms with E-state index in [0.717, 1.165) is 0 Å². The monoisotopic (exact) mass is 438 g/mol. The number of amides is 2. The van der Waals surface area contributed by atoms with Crippen LogP contribution >= 0.6 is 0 Å². The lowest BCUT2D eigenvalue weighted by Crippen LogP contribution is -2.37. The Bertz CT molecular complexity index is 929. The number of rotatable bonds is 10. The van der Waals surface area contributed by atoms with Crippen molar-refractivity contribution in [3.63, 3.8) is 0 Å². The first-order valence-corrected chi connectivity index (χ1v) is 11.0. The molecule has 0 fully saturated rings. The van der Waals surface area contributed by atoms with Crippen LogP contribution in [0.3, 0.4) is 0 Å². The number of hydrogen-bond donors (Lipinski definition) is 3. The van der Waals surface area contributed by atoms with E-state index in [-0.39, 0.29) is 30.8 Å². The molecule has 2 aromatic rings. The quantitative estimate of drug-likeness (QED) is 0.488. The van der Waals surface area contributed by atoms with Crippen molar-refractivity contribution in [3.8, 4) is 11.1 Å². The van der Waals surface area contributed by atoms with E-state index in [9.17, 15) is 14.4 Å². The number of alkyl carbamates (subject to hydrolysis) is 1. The molecule has 3 rings (SSSR count). The number of hydrogen-bond acceptors (Lipinski definition) is 4. The maximum Gasteiger partial charge on any atom is 0.407 e. The summed E-state index contributed by atoms with van der Waals surface area (Å²) < 4.78 is 5.50. The van der Waals surface area contributed by atoms with Gasteiger partial charge in [0.05, 0.1) is 6.42 Å². The van der Waals surface area contributed by atoms with E-state index in [1.54, 1.807) is 13.8 Å². The Balaban J connectivity index is 1.40. The topological polar surface area (TPSA) is 105 Å². The van der Waals surface area contributed by atoms with Gasteiger partial charge in [-0.05, 0) is 42.0 Å². The normalized spacial score (nSPS) is 14.1. The third-order valence-electron chi connectivity index (χ3n) is 5.74. The molecule has 7 nitrogen and oxygen atoms in total. The molecule has 0 saturated heterocycles. The molecule has 32 heavy (non-hydrogen) atoms. The van der Waals surface area contributed by atoms with E-state index >= 15 is 0 Å². The van der Waals surface area contributed by atoms with Gasteiger partial charge >= 0.3 is 12.1 Å². The predicted molar refractivity (Wildman–Crippen MR) is 121 cm³/mol. The SMILES string of the molecule is CC(CC(=O)O)NC(=O)C(C)CCCNC(=O)OCC1c2ccccc2-c2ccccc21. The van der Waals surface area contributed by atoms with E-state index < -0.39 is 18.1 Å². The van der Waals surface area contributed by atoms with Crippen molar-refractivity contribution < 1.29 is 24.2 Å². The largest absolute Gasteiger partial charge is 0.481 e. The van der Waals surface area contributed by atoms with E-state index in [2.05, 4.69) is 34.9 Å². The van der Waals surface area contributed by atoms with Crippen LogP contribution in [0.1, 0.15) is 50.2 Å². The smallest absolute Gasteiger partial charge is 0.407 e. The maximum absolute atomic E-state index is 12.2. The zero-order chi connectivity index (χ0) is 23.1. The molecule has 0 radical (unpaired) electrons. The van der Waals surface area contributed by atoms with Gasteiger partial charge in [-0.2, -0.15) is 0 Å². The number of benzene rings is 2. The summed E-state index contributed by atoms with van der Waals surface area (Å²) in [4.78, 5) is 35.0. The van der Waals surface area contributed by atoms with Crippen molar-refractivity contribution in [1.82, 2.24) is 10.6 Å². The van der Waals surface area contributed by atoms with Crippen LogP contribution in [0, 0.1) is 5.92 Å². The minimum Gasteiger partial charge on any atom is -0.481 e. The summed E-state index contributed by atoms with van der Waals surface area (Å²) in [5.74, 6) is -1.38. The molecule has 0 heterocycles. The molecule has 7 heteroatoms. The lowest BCUT2D eigenvalue weighted by Gasteiger charge is -2.17. The van der Waals surface area contributed by atoms with Crippen LogP contribution in [0.25, 0.3) is 11.1 Å². The lowest BCUT2D eigenvalue weighted by atomic mass is 9.98. The van der Waals surface area contributed by atoms with Gasteiger partial charge in [0.15, 0.2) is 0 Å². The first kappa shape index (κ1) is 23.3. The number of carboxylic acids is 1. The van der Waals surface area contributed by atoms with Crippen molar-refractivity contribution in [3.05, 3.63) is 59.7 Å². The summed E-state index contributed by atoms with van der Waals surface area (Å²) >= 11 is 0. The van der Waals surface area contributed by atoms with Crippen LogP contribution in [-0.4, -0.2) is 42.3 Å². The zero-order valence-corrected chi connectivity index (χ0v) is 18.5. The van der Waals surface area contributed by atoms with Gasteiger partial charge in [-0.3, -0.25) is 9.59 Å². The van der Waals surface area contributed by atoms with E-state index in [4.69, 9.17) is 9.84 Å². The van der Waals surface area contributed by atoms with Gasteiger partial charge in [-0.1, -0.05) is 55.5 Å². The predicted octanol–water partition coefficient (Wildman–Crippen LogP) is 3.92. The lowest BCUT2D eigenvalue weighted by molar-refractivity contribution is -0.137. The second kappa shape index (κ2) is 10.8. The Morgan fingerprint density at radius 2 is 1.59 bits per heavy atom. The Morgan fingerprint density at radius 3 is 2.19 bits per heavy atom. The average molecular weight is 439 g/mol. The highest BCUT2D eigenvalue weighted by atomic mass is 16.5. The summed E-state index contributed by atoms with van der Waals surface area (Å²) in [6.07, 6.45) is 0.613. The summed E-state index contributed by atoms with van der Waals surface area (Å²) in [5.41, 5.74) is 4.70. The van der Waals surface area contributed by atoms with Crippen LogP contribution in [0.5, 0.6) is 0 Å². The van der Waals surface area contributed by atoms with Gasteiger partial charge in [0.2, 0.25) is 5.91 Å². The zero-order valence-electron chi connectivity index (χ0n) is 18.5. The number of nitrogens with one attached hydrogen (secondary N) is 2. The van der Waals surface area contributed by atoms with Gasteiger partial charge in [0, 0.05) is 24.4 Å². The minimum absolute atomic E-state index is 0.0182. The van der Waals surface area contributed by atoms with E-state index in [0.29, 0.717) is 19.4 Å². The van der Waals surface area contributed by atoms with Crippen LogP contribution in [0.2, 0.25) is 0 Å². The fraction of sp³-hybridized carbons (Fsp3) is 0.400. The molecule has 0 aromatic heterocycles. The fourth-order valence-electron chi connectivity index (χ4n) is 4.08. The average Bonchev–Trinajstić information content (AvgIpc) is 3.08. The number of carboxylic acid groups (broad SMARTS) is 1. The first-order chi connectivity index (χ1) is 15.4. The van der Waals surface area contributed by atoms with Gasteiger partial charge in [-0.25, -0.2) is 4.79 Å². The molecule has 2 atom stereocenters. The van der Waals surface area contributed by atoms with Gasteiger partial charge < -0.3 is 20.5 Å². The second-order valence-corrected chi connectivity index (χ2v) is 8.30. The Hall–Kier alpha value is -3.35. The van der Waals surface area contributed by atoms with Crippen molar-refractivity contribution in [1.29, 1.82) is 0 Å². The van der Waals surface area contributed by atoms with E-state index in [1.807, 2.05) is 24.3 Å². The third kappa shape index (κ3) is 5.87. The Morgan fingerprint density at radius 1 is 1.00 bits per heavy atom. The number of ether oxygens (including phenoxy) is 1. The summed E-state index contributed by atoms with van der Waals surface area (Å²) in [6, 6.07) is 15.9. The fourth-order valence-corrected chi connectivity index (χ4v) is 4.08. The van der Waals surface area contributed by atoms with Crippen molar-refractivity contribution >= 4 is 18.0 Å². The minimum atomic E-state index is -0.947. The Kier molecular flexibility index (Phi) is 7.87. The molecule has 1 aliphatic rings. The van der Waals surface area contributed by atoms with E-state index in [1.165, 1.54) is 22.3 Å². The van der Waals surface area contributed by atoms with Crippen LogP contribution in [0.15, 0.2) is 48.5 Å². The van der Waals surface area contributed by atoms with Crippen LogP contribution in [-0.2, 0) is 14.3 Å². The molecule has 0 aliphatic heterocycles. The second-order valence-electron chi connectivity index (χ2n) is 8.30. The standard InChI is InChI=1S/C25H30N2O5/c1-16(24(30)27-17(2)14-23(28)29)8-7-13-26-25(31)32-15-22-20-11-5-3-9-18(20)19-10-4-6-12-21(19)22/h3-6,9-12,16-17,22H,7-8,13-15H2,1-2H3,(H,26,31)(H,27,30)(H,28,29). The highest BCUT2D eigenvalue weighted by Gasteiger charge is 2.29. The highest BCUT2D eigenvalue weighted by Crippen LogP contribution is 2.44. The van der Waals surface area contributed by atoms with Gasteiger partial charge in [0.1, 0.15) is 6.61 Å². The summed E-state index contributed by atoms with van der Waals surface area (Å²) in [5, 5.41) is 14.2.